The number of benzene rings is 1. The summed E-state index contributed by atoms with van der Waals surface area (Å²) in [5.74, 6) is 1.79. The van der Waals surface area contributed by atoms with Gasteiger partial charge in [0.15, 0.2) is 0 Å². The summed E-state index contributed by atoms with van der Waals surface area (Å²) in [6.07, 6.45) is 4.04. The Labute approximate surface area is 117 Å². The molecule has 1 aromatic rings. The molecule has 0 saturated heterocycles. The fourth-order valence-corrected chi connectivity index (χ4v) is 1.82. The van der Waals surface area contributed by atoms with Crippen LogP contribution in [0.1, 0.15) is 45.6 Å². The van der Waals surface area contributed by atoms with Crippen molar-refractivity contribution in [3.63, 3.8) is 0 Å². The lowest BCUT2D eigenvalue weighted by Crippen LogP contribution is -2.18. The first-order valence-corrected chi connectivity index (χ1v) is 7.31. The zero-order valence-electron chi connectivity index (χ0n) is 12.4. The van der Waals surface area contributed by atoms with Crippen LogP contribution in [0.3, 0.4) is 0 Å². The number of rotatable bonds is 9. The van der Waals surface area contributed by atoms with E-state index in [-0.39, 0.29) is 6.04 Å². The highest BCUT2D eigenvalue weighted by atomic mass is 16.5. The van der Waals surface area contributed by atoms with Crippen molar-refractivity contribution < 1.29 is 9.47 Å². The van der Waals surface area contributed by atoms with Gasteiger partial charge in [-0.25, -0.2) is 0 Å². The van der Waals surface area contributed by atoms with Crippen molar-refractivity contribution in [2.24, 2.45) is 5.73 Å². The van der Waals surface area contributed by atoms with Gasteiger partial charge < -0.3 is 15.2 Å². The molecule has 1 aromatic carbocycles. The Morgan fingerprint density at radius 3 is 2.53 bits per heavy atom. The van der Waals surface area contributed by atoms with E-state index in [1.165, 1.54) is 0 Å². The average Bonchev–Trinajstić information content (AvgIpc) is 2.38. The lowest BCUT2D eigenvalue weighted by molar-refractivity contribution is 0.294. The van der Waals surface area contributed by atoms with Crippen LogP contribution in [0.5, 0.6) is 11.5 Å². The monoisotopic (exact) mass is 265 g/mol. The van der Waals surface area contributed by atoms with E-state index in [0.717, 1.165) is 56.0 Å². The first kappa shape index (κ1) is 15.8. The summed E-state index contributed by atoms with van der Waals surface area (Å²) < 4.78 is 11.5. The van der Waals surface area contributed by atoms with Gasteiger partial charge in [0.1, 0.15) is 11.5 Å². The Kier molecular flexibility index (Phi) is 7.34. The van der Waals surface area contributed by atoms with Crippen LogP contribution < -0.4 is 15.2 Å². The number of hydrogen-bond acceptors (Lipinski definition) is 3. The molecule has 0 saturated carbocycles. The zero-order valence-corrected chi connectivity index (χ0v) is 12.4. The van der Waals surface area contributed by atoms with E-state index in [1.807, 2.05) is 19.1 Å². The fourth-order valence-electron chi connectivity index (χ4n) is 1.82. The van der Waals surface area contributed by atoms with Gasteiger partial charge in [-0.1, -0.05) is 26.3 Å². The van der Waals surface area contributed by atoms with Crippen molar-refractivity contribution in [1.82, 2.24) is 0 Å². The smallest absolute Gasteiger partial charge is 0.126 e. The highest BCUT2D eigenvalue weighted by Crippen LogP contribution is 2.26. The summed E-state index contributed by atoms with van der Waals surface area (Å²) in [6, 6.07) is 6.19. The molecule has 0 heterocycles. The minimum absolute atomic E-state index is 0.135. The molecule has 1 rings (SSSR count). The maximum Gasteiger partial charge on any atom is 0.126 e. The molecule has 0 amide bonds. The third-order valence-electron chi connectivity index (χ3n) is 2.81. The van der Waals surface area contributed by atoms with Crippen molar-refractivity contribution >= 4 is 0 Å². The fraction of sp³-hybridized carbons (Fsp3) is 0.625. The molecular formula is C16H27NO2. The van der Waals surface area contributed by atoms with E-state index in [2.05, 4.69) is 19.9 Å². The Morgan fingerprint density at radius 1 is 1.11 bits per heavy atom. The van der Waals surface area contributed by atoms with Crippen LogP contribution >= 0.6 is 0 Å². The summed E-state index contributed by atoms with van der Waals surface area (Å²) in [5, 5.41) is 0. The first-order valence-electron chi connectivity index (χ1n) is 7.31. The Balaban J connectivity index is 2.77. The molecule has 0 radical (unpaired) electrons. The van der Waals surface area contributed by atoms with Gasteiger partial charge in [0.05, 0.1) is 13.2 Å². The maximum atomic E-state index is 5.88. The zero-order chi connectivity index (χ0) is 14.1. The third-order valence-corrected chi connectivity index (χ3v) is 2.81. The molecule has 108 valence electrons. The molecule has 0 spiro atoms. The van der Waals surface area contributed by atoms with E-state index in [0.29, 0.717) is 0 Å². The van der Waals surface area contributed by atoms with Gasteiger partial charge in [0.2, 0.25) is 0 Å². The van der Waals surface area contributed by atoms with Gasteiger partial charge in [-0.05, 0) is 37.8 Å². The highest BCUT2D eigenvalue weighted by molar-refractivity contribution is 5.41. The van der Waals surface area contributed by atoms with Crippen molar-refractivity contribution in [2.45, 2.75) is 52.5 Å². The predicted octanol–water partition coefficient (Wildman–Crippen LogP) is 3.54. The van der Waals surface area contributed by atoms with E-state index in [4.69, 9.17) is 15.2 Å². The first-order chi connectivity index (χ1) is 9.17. The van der Waals surface area contributed by atoms with Crippen LogP contribution in [-0.4, -0.2) is 19.3 Å². The van der Waals surface area contributed by atoms with Crippen LogP contribution in [0.2, 0.25) is 0 Å². The van der Waals surface area contributed by atoms with Gasteiger partial charge in [0, 0.05) is 12.1 Å². The molecular weight excluding hydrogens is 238 g/mol. The molecule has 0 fully saturated rings. The number of hydrogen-bond donors (Lipinski definition) is 1. The molecule has 0 aromatic heterocycles. The quantitative estimate of drug-likeness (QED) is 0.694. The van der Waals surface area contributed by atoms with E-state index >= 15 is 0 Å². The van der Waals surface area contributed by atoms with Crippen molar-refractivity contribution in [1.29, 1.82) is 0 Å². The van der Waals surface area contributed by atoms with Crippen molar-refractivity contribution in [3.8, 4) is 11.5 Å². The Hall–Kier alpha value is -1.22. The SMILES string of the molecule is CCCCOc1cc(OCCC)ccc1CC(C)N. The number of ether oxygens (including phenoxy) is 2. The van der Waals surface area contributed by atoms with Crippen LogP contribution in [0, 0.1) is 0 Å². The molecule has 0 aliphatic heterocycles. The molecule has 0 aliphatic rings. The van der Waals surface area contributed by atoms with Crippen LogP contribution in [0.4, 0.5) is 0 Å². The van der Waals surface area contributed by atoms with Gasteiger partial charge >= 0.3 is 0 Å². The van der Waals surface area contributed by atoms with Gasteiger partial charge in [-0.2, -0.15) is 0 Å². The normalized spacial score (nSPS) is 12.2. The summed E-state index contributed by atoms with van der Waals surface area (Å²) in [5.41, 5.74) is 7.04. The van der Waals surface area contributed by atoms with E-state index in [1.54, 1.807) is 0 Å². The van der Waals surface area contributed by atoms with Crippen LogP contribution in [0.25, 0.3) is 0 Å². The number of nitrogens with two attached hydrogens (primary N) is 1. The second kappa shape index (κ2) is 8.81. The average molecular weight is 265 g/mol. The summed E-state index contributed by atoms with van der Waals surface area (Å²) in [7, 11) is 0. The number of unbranched alkanes of at least 4 members (excludes halogenated alkanes) is 1. The predicted molar refractivity (Wildman–Crippen MR) is 80.0 cm³/mol. The minimum atomic E-state index is 0.135. The van der Waals surface area contributed by atoms with Crippen LogP contribution in [-0.2, 0) is 6.42 Å². The summed E-state index contributed by atoms with van der Waals surface area (Å²) in [6.45, 7) is 7.76. The molecule has 19 heavy (non-hydrogen) atoms. The standard InChI is InChI=1S/C16H27NO2/c1-4-6-10-19-16-12-15(18-9-5-2)8-7-14(16)11-13(3)17/h7-8,12-13H,4-6,9-11,17H2,1-3H3. The largest absolute Gasteiger partial charge is 0.493 e. The minimum Gasteiger partial charge on any atom is -0.493 e. The molecule has 3 heteroatoms. The molecule has 1 unspecified atom stereocenters. The summed E-state index contributed by atoms with van der Waals surface area (Å²) >= 11 is 0. The van der Waals surface area contributed by atoms with E-state index in [9.17, 15) is 0 Å². The lowest BCUT2D eigenvalue weighted by atomic mass is 10.1. The van der Waals surface area contributed by atoms with Crippen LogP contribution in [0.15, 0.2) is 18.2 Å². The second-order valence-corrected chi connectivity index (χ2v) is 5.00. The van der Waals surface area contributed by atoms with Gasteiger partial charge in [-0.3, -0.25) is 0 Å². The molecule has 3 nitrogen and oxygen atoms in total. The highest BCUT2D eigenvalue weighted by Gasteiger charge is 2.08. The molecule has 0 aliphatic carbocycles. The lowest BCUT2D eigenvalue weighted by Gasteiger charge is -2.15. The van der Waals surface area contributed by atoms with Crippen molar-refractivity contribution in [3.05, 3.63) is 23.8 Å². The second-order valence-electron chi connectivity index (χ2n) is 5.00. The van der Waals surface area contributed by atoms with E-state index < -0.39 is 0 Å². The Morgan fingerprint density at radius 2 is 1.89 bits per heavy atom. The Bertz CT molecular complexity index is 364. The van der Waals surface area contributed by atoms with Gasteiger partial charge in [0.25, 0.3) is 0 Å². The van der Waals surface area contributed by atoms with Crippen molar-refractivity contribution in [2.75, 3.05) is 13.2 Å². The third kappa shape index (κ3) is 5.97. The molecule has 1 atom stereocenters. The summed E-state index contributed by atoms with van der Waals surface area (Å²) in [4.78, 5) is 0. The van der Waals surface area contributed by atoms with Gasteiger partial charge in [-0.15, -0.1) is 0 Å². The topological polar surface area (TPSA) is 44.5 Å². The molecule has 0 bridgehead atoms. The molecule has 2 N–H and O–H groups in total. The maximum absolute atomic E-state index is 5.88.